The van der Waals surface area contributed by atoms with Gasteiger partial charge in [-0.3, -0.25) is 4.79 Å². The normalized spacial score (nSPS) is 17.0. The van der Waals surface area contributed by atoms with E-state index in [1.54, 1.807) is 0 Å². The molecule has 0 radical (unpaired) electrons. The molecule has 1 fully saturated rings. The van der Waals surface area contributed by atoms with Crippen LogP contribution in [0, 0.1) is 0 Å². The number of nitrogens with two attached hydrogens (primary N) is 1. The van der Waals surface area contributed by atoms with Crippen molar-refractivity contribution in [2.75, 3.05) is 12.3 Å². The van der Waals surface area contributed by atoms with E-state index in [1.807, 2.05) is 30.3 Å². The third-order valence-corrected chi connectivity index (χ3v) is 5.35. The lowest BCUT2D eigenvalue weighted by atomic mass is 9.94. The van der Waals surface area contributed by atoms with Crippen LogP contribution in [0.3, 0.4) is 0 Å². The fourth-order valence-electron chi connectivity index (χ4n) is 3.86. The minimum Gasteiger partial charge on any atom is -0.399 e. The van der Waals surface area contributed by atoms with E-state index in [0.29, 0.717) is 13.0 Å². The average Bonchev–Trinajstić information content (AvgIpc) is 3.11. The summed E-state index contributed by atoms with van der Waals surface area (Å²) in [5.41, 5.74) is 8.69. The standard InChI is InChI=1S/C22H29N3O/c1-17(19-7-3-2-4-8-19)25-22(13-5-6-14-22)16-24-21(26)15-18-9-11-20(23)12-10-18/h2-4,7-12,17,25H,5-6,13-16,23H2,1H3,(H,24,26). The molecule has 1 aliphatic carbocycles. The highest BCUT2D eigenvalue weighted by molar-refractivity contribution is 5.78. The monoisotopic (exact) mass is 351 g/mol. The summed E-state index contributed by atoms with van der Waals surface area (Å²) in [7, 11) is 0. The summed E-state index contributed by atoms with van der Waals surface area (Å²) in [5, 5.41) is 6.96. The van der Waals surface area contributed by atoms with Gasteiger partial charge in [-0.05, 0) is 43.0 Å². The van der Waals surface area contributed by atoms with Gasteiger partial charge in [0.05, 0.1) is 6.42 Å². The Labute approximate surface area is 156 Å². The molecule has 138 valence electrons. The Hall–Kier alpha value is -2.33. The SMILES string of the molecule is CC(NC1(CNC(=O)Cc2ccc(N)cc2)CCCC1)c1ccccc1. The minimum absolute atomic E-state index is 0.00790. The molecule has 2 aromatic rings. The van der Waals surface area contributed by atoms with E-state index in [0.717, 1.165) is 24.1 Å². The molecule has 26 heavy (non-hydrogen) atoms. The second-order valence-corrected chi connectivity index (χ2v) is 7.46. The first kappa shape index (κ1) is 18.5. The summed E-state index contributed by atoms with van der Waals surface area (Å²) >= 11 is 0. The highest BCUT2D eigenvalue weighted by Crippen LogP contribution is 2.31. The number of hydrogen-bond donors (Lipinski definition) is 3. The number of nitrogens with one attached hydrogen (secondary N) is 2. The smallest absolute Gasteiger partial charge is 0.224 e. The Morgan fingerprint density at radius 2 is 1.73 bits per heavy atom. The topological polar surface area (TPSA) is 67.1 Å². The van der Waals surface area contributed by atoms with Gasteiger partial charge in [-0.15, -0.1) is 0 Å². The number of nitrogen functional groups attached to an aromatic ring is 1. The molecule has 4 nitrogen and oxygen atoms in total. The maximum Gasteiger partial charge on any atom is 0.224 e. The van der Waals surface area contributed by atoms with Crippen LogP contribution in [0.1, 0.15) is 49.8 Å². The Morgan fingerprint density at radius 3 is 2.38 bits per heavy atom. The van der Waals surface area contributed by atoms with Crippen molar-refractivity contribution in [3.63, 3.8) is 0 Å². The number of anilines is 1. The molecule has 1 aliphatic rings. The van der Waals surface area contributed by atoms with Crippen LogP contribution in [-0.4, -0.2) is 18.0 Å². The molecule has 0 heterocycles. The van der Waals surface area contributed by atoms with Gasteiger partial charge in [0.1, 0.15) is 0 Å². The van der Waals surface area contributed by atoms with Gasteiger partial charge < -0.3 is 16.4 Å². The van der Waals surface area contributed by atoms with Gasteiger partial charge in [0.25, 0.3) is 0 Å². The van der Waals surface area contributed by atoms with Crippen LogP contribution in [0.15, 0.2) is 54.6 Å². The quantitative estimate of drug-likeness (QED) is 0.668. The van der Waals surface area contributed by atoms with E-state index in [-0.39, 0.29) is 17.5 Å². The number of hydrogen-bond acceptors (Lipinski definition) is 3. The zero-order valence-electron chi connectivity index (χ0n) is 15.5. The number of amides is 1. The van der Waals surface area contributed by atoms with Crippen molar-refractivity contribution >= 4 is 11.6 Å². The van der Waals surface area contributed by atoms with Crippen LogP contribution < -0.4 is 16.4 Å². The van der Waals surface area contributed by atoms with E-state index in [9.17, 15) is 4.79 Å². The zero-order chi connectivity index (χ0) is 18.4. The van der Waals surface area contributed by atoms with E-state index >= 15 is 0 Å². The van der Waals surface area contributed by atoms with Crippen molar-refractivity contribution in [2.24, 2.45) is 0 Å². The molecule has 1 unspecified atom stereocenters. The van der Waals surface area contributed by atoms with Crippen molar-refractivity contribution in [3.8, 4) is 0 Å². The number of carbonyl (C=O) groups is 1. The molecule has 0 saturated heterocycles. The molecule has 0 bridgehead atoms. The summed E-state index contributed by atoms with van der Waals surface area (Å²) in [5.74, 6) is 0.0650. The van der Waals surface area contributed by atoms with E-state index in [2.05, 4.69) is 41.8 Å². The molecular formula is C22H29N3O. The predicted octanol–water partition coefficient (Wildman–Crippen LogP) is 3.59. The Bertz CT molecular complexity index is 706. The van der Waals surface area contributed by atoms with E-state index in [4.69, 9.17) is 5.73 Å². The lowest BCUT2D eigenvalue weighted by molar-refractivity contribution is -0.120. The molecular weight excluding hydrogens is 322 g/mol. The Morgan fingerprint density at radius 1 is 1.08 bits per heavy atom. The zero-order valence-corrected chi connectivity index (χ0v) is 15.5. The molecule has 1 saturated carbocycles. The maximum absolute atomic E-state index is 12.4. The van der Waals surface area contributed by atoms with Crippen LogP contribution in [0.2, 0.25) is 0 Å². The fraction of sp³-hybridized carbons (Fsp3) is 0.409. The molecule has 0 aromatic heterocycles. The maximum atomic E-state index is 12.4. The first-order valence-electron chi connectivity index (χ1n) is 9.50. The van der Waals surface area contributed by atoms with Crippen LogP contribution in [0.5, 0.6) is 0 Å². The van der Waals surface area contributed by atoms with Crippen LogP contribution in [0.25, 0.3) is 0 Å². The van der Waals surface area contributed by atoms with Gasteiger partial charge in [-0.2, -0.15) is 0 Å². The molecule has 1 atom stereocenters. The average molecular weight is 351 g/mol. The second-order valence-electron chi connectivity index (χ2n) is 7.46. The van der Waals surface area contributed by atoms with Crippen molar-refractivity contribution < 1.29 is 4.79 Å². The largest absolute Gasteiger partial charge is 0.399 e. The van der Waals surface area contributed by atoms with Crippen molar-refractivity contribution in [1.82, 2.24) is 10.6 Å². The number of carbonyl (C=O) groups excluding carboxylic acids is 1. The van der Waals surface area contributed by atoms with E-state index in [1.165, 1.54) is 18.4 Å². The molecule has 3 rings (SSSR count). The molecule has 2 aromatic carbocycles. The van der Waals surface area contributed by atoms with Crippen molar-refractivity contribution in [2.45, 2.75) is 50.6 Å². The first-order chi connectivity index (χ1) is 12.6. The summed E-state index contributed by atoms with van der Waals surface area (Å²) in [6.45, 7) is 2.88. The van der Waals surface area contributed by atoms with Crippen LogP contribution in [-0.2, 0) is 11.2 Å². The van der Waals surface area contributed by atoms with Gasteiger partial charge in [0.15, 0.2) is 0 Å². The third kappa shape index (κ3) is 4.85. The van der Waals surface area contributed by atoms with Gasteiger partial charge in [-0.1, -0.05) is 55.3 Å². The van der Waals surface area contributed by atoms with Gasteiger partial charge in [-0.25, -0.2) is 0 Å². The summed E-state index contributed by atoms with van der Waals surface area (Å²) in [6, 6.07) is 18.3. The number of rotatable bonds is 7. The lowest BCUT2D eigenvalue weighted by Gasteiger charge is -2.34. The predicted molar refractivity (Wildman–Crippen MR) is 107 cm³/mol. The lowest BCUT2D eigenvalue weighted by Crippen LogP contribution is -2.52. The summed E-state index contributed by atoms with van der Waals surface area (Å²) < 4.78 is 0. The van der Waals surface area contributed by atoms with Crippen LogP contribution >= 0.6 is 0 Å². The highest BCUT2D eigenvalue weighted by Gasteiger charge is 2.35. The molecule has 0 aliphatic heterocycles. The molecule has 4 heteroatoms. The van der Waals surface area contributed by atoms with E-state index < -0.39 is 0 Å². The summed E-state index contributed by atoms with van der Waals surface area (Å²) in [6.07, 6.45) is 5.02. The second kappa shape index (κ2) is 8.37. The Balaban J connectivity index is 1.57. The summed E-state index contributed by atoms with van der Waals surface area (Å²) in [4.78, 5) is 12.4. The first-order valence-corrected chi connectivity index (χ1v) is 9.50. The molecule has 4 N–H and O–H groups in total. The van der Waals surface area contributed by atoms with Crippen LogP contribution in [0.4, 0.5) is 5.69 Å². The molecule has 0 spiro atoms. The Kier molecular flexibility index (Phi) is 5.94. The molecule has 1 amide bonds. The van der Waals surface area contributed by atoms with Gasteiger partial charge in [0, 0.05) is 23.8 Å². The van der Waals surface area contributed by atoms with Gasteiger partial charge >= 0.3 is 0 Å². The van der Waals surface area contributed by atoms with Crippen molar-refractivity contribution in [3.05, 3.63) is 65.7 Å². The fourth-order valence-corrected chi connectivity index (χ4v) is 3.86. The highest BCUT2D eigenvalue weighted by atomic mass is 16.1. The number of benzene rings is 2. The van der Waals surface area contributed by atoms with Gasteiger partial charge in [0.2, 0.25) is 5.91 Å². The third-order valence-electron chi connectivity index (χ3n) is 5.35. The van der Waals surface area contributed by atoms with Crippen molar-refractivity contribution in [1.29, 1.82) is 0 Å². The minimum atomic E-state index is -0.00790.